The average Bonchev–Trinajstić information content (AvgIpc) is 3.16. The highest BCUT2D eigenvalue weighted by atomic mass is 16.1. The monoisotopic (exact) mass is 307 g/mol. The second kappa shape index (κ2) is 5.37. The Morgan fingerprint density at radius 2 is 1.83 bits per heavy atom. The zero-order valence-corrected chi connectivity index (χ0v) is 13.6. The molecule has 0 aliphatic heterocycles. The molecule has 4 nitrogen and oxygen atoms in total. The van der Waals surface area contributed by atoms with Crippen molar-refractivity contribution >= 4 is 11.0 Å². The van der Waals surface area contributed by atoms with E-state index in [4.69, 9.17) is 4.98 Å². The standard InChI is InChI=1S/C19H21N3O/c1-12-13(2)22(15-10-6-7-11-15)18-16(12)19(23)21-17(20-18)14-8-4-3-5-9-14/h3-5,8-9,15H,6-7,10-11H2,1-2H3,(H,20,21,23). The van der Waals surface area contributed by atoms with Crippen molar-refractivity contribution in [2.24, 2.45) is 0 Å². The zero-order chi connectivity index (χ0) is 16.0. The van der Waals surface area contributed by atoms with E-state index in [9.17, 15) is 4.79 Å². The second-order valence-corrected chi connectivity index (χ2v) is 6.50. The molecular weight excluding hydrogens is 286 g/mol. The minimum Gasteiger partial charge on any atom is -0.326 e. The van der Waals surface area contributed by atoms with E-state index in [1.807, 2.05) is 37.3 Å². The molecule has 0 amide bonds. The van der Waals surface area contributed by atoms with Crippen LogP contribution < -0.4 is 5.56 Å². The molecule has 1 saturated carbocycles. The normalized spacial score (nSPS) is 15.6. The van der Waals surface area contributed by atoms with Gasteiger partial charge in [-0.15, -0.1) is 0 Å². The molecule has 23 heavy (non-hydrogen) atoms. The molecule has 4 rings (SSSR count). The molecule has 0 spiro atoms. The molecule has 2 heterocycles. The largest absolute Gasteiger partial charge is 0.326 e. The third-order valence-electron chi connectivity index (χ3n) is 5.14. The molecular formula is C19H21N3O. The van der Waals surface area contributed by atoms with Crippen LogP contribution in [-0.2, 0) is 0 Å². The smallest absolute Gasteiger partial charge is 0.260 e. The number of aryl methyl sites for hydroxylation is 1. The van der Waals surface area contributed by atoms with E-state index >= 15 is 0 Å². The number of aromatic amines is 1. The Kier molecular flexibility index (Phi) is 3.33. The summed E-state index contributed by atoms with van der Waals surface area (Å²) in [6, 6.07) is 10.3. The Morgan fingerprint density at radius 1 is 1.13 bits per heavy atom. The van der Waals surface area contributed by atoms with E-state index in [1.165, 1.54) is 31.4 Å². The van der Waals surface area contributed by atoms with E-state index in [2.05, 4.69) is 16.5 Å². The van der Waals surface area contributed by atoms with Crippen LogP contribution in [0, 0.1) is 13.8 Å². The van der Waals surface area contributed by atoms with E-state index < -0.39 is 0 Å². The van der Waals surface area contributed by atoms with Gasteiger partial charge in [0.05, 0.1) is 5.39 Å². The van der Waals surface area contributed by atoms with Crippen molar-refractivity contribution in [1.29, 1.82) is 0 Å². The summed E-state index contributed by atoms with van der Waals surface area (Å²) < 4.78 is 2.30. The molecule has 4 heteroatoms. The summed E-state index contributed by atoms with van der Waals surface area (Å²) in [5.74, 6) is 0.653. The van der Waals surface area contributed by atoms with Gasteiger partial charge in [0.25, 0.3) is 5.56 Å². The van der Waals surface area contributed by atoms with E-state index in [1.54, 1.807) is 0 Å². The highest BCUT2D eigenvalue weighted by Crippen LogP contribution is 2.35. The van der Waals surface area contributed by atoms with Gasteiger partial charge in [0, 0.05) is 17.3 Å². The van der Waals surface area contributed by atoms with Crippen LogP contribution in [0.5, 0.6) is 0 Å². The molecule has 0 radical (unpaired) electrons. The Hall–Kier alpha value is -2.36. The predicted molar refractivity (Wildman–Crippen MR) is 92.8 cm³/mol. The van der Waals surface area contributed by atoms with Crippen LogP contribution in [-0.4, -0.2) is 14.5 Å². The summed E-state index contributed by atoms with van der Waals surface area (Å²) in [7, 11) is 0. The summed E-state index contributed by atoms with van der Waals surface area (Å²) in [6.07, 6.45) is 4.88. The number of benzene rings is 1. The first-order valence-corrected chi connectivity index (χ1v) is 8.33. The van der Waals surface area contributed by atoms with Gasteiger partial charge in [-0.2, -0.15) is 0 Å². The van der Waals surface area contributed by atoms with Crippen molar-refractivity contribution in [3.8, 4) is 11.4 Å². The quantitative estimate of drug-likeness (QED) is 0.774. The molecule has 1 aromatic carbocycles. The molecule has 1 aliphatic carbocycles. The van der Waals surface area contributed by atoms with Crippen LogP contribution in [0.2, 0.25) is 0 Å². The number of rotatable bonds is 2. The van der Waals surface area contributed by atoms with Gasteiger partial charge >= 0.3 is 0 Å². The fraction of sp³-hybridized carbons (Fsp3) is 0.368. The second-order valence-electron chi connectivity index (χ2n) is 6.50. The summed E-state index contributed by atoms with van der Waals surface area (Å²) in [6.45, 7) is 4.14. The Bertz CT molecular complexity index is 915. The first-order chi connectivity index (χ1) is 11.2. The fourth-order valence-electron chi connectivity index (χ4n) is 3.84. The SMILES string of the molecule is Cc1c(C)n(C2CCCC2)c2nc(-c3ccccc3)[nH]c(=O)c12. The summed E-state index contributed by atoms with van der Waals surface area (Å²) in [4.78, 5) is 20.5. The lowest BCUT2D eigenvalue weighted by Crippen LogP contribution is -2.12. The van der Waals surface area contributed by atoms with Gasteiger partial charge in [0.1, 0.15) is 11.5 Å². The molecule has 0 atom stereocenters. The number of nitrogens with zero attached hydrogens (tertiary/aromatic N) is 2. The Labute approximate surface area is 135 Å². The third kappa shape index (κ3) is 2.21. The van der Waals surface area contributed by atoms with Gasteiger partial charge in [-0.1, -0.05) is 43.2 Å². The van der Waals surface area contributed by atoms with Crippen LogP contribution in [0.4, 0.5) is 0 Å². The van der Waals surface area contributed by atoms with Crippen molar-refractivity contribution < 1.29 is 0 Å². The van der Waals surface area contributed by atoms with Gasteiger partial charge < -0.3 is 9.55 Å². The molecule has 1 aliphatic rings. The molecule has 0 bridgehead atoms. The highest BCUT2D eigenvalue weighted by Gasteiger charge is 2.24. The van der Waals surface area contributed by atoms with Crippen molar-refractivity contribution in [3.05, 3.63) is 51.9 Å². The lowest BCUT2D eigenvalue weighted by atomic mass is 10.2. The molecule has 0 unspecified atom stereocenters. The van der Waals surface area contributed by atoms with Gasteiger partial charge in [-0.25, -0.2) is 4.98 Å². The van der Waals surface area contributed by atoms with Crippen LogP contribution in [0.15, 0.2) is 35.1 Å². The number of nitrogens with one attached hydrogen (secondary N) is 1. The van der Waals surface area contributed by atoms with Crippen LogP contribution in [0.1, 0.15) is 43.0 Å². The minimum absolute atomic E-state index is 0.0359. The van der Waals surface area contributed by atoms with Crippen molar-refractivity contribution in [2.45, 2.75) is 45.6 Å². The zero-order valence-electron chi connectivity index (χ0n) is 13.6. The predicted octanol–water partition coefficient (Wildman–Crippen LogP) is 4.12. The van der Waals surface area contributed by atoms with Crippen LogP contribution >= 0.6 is 0 Å². The number of hydrogen-bond acceptors (Lipinski definition) is 2. The van der Waals surface area contributed by atoms with Crippen LogP contribution in [0.3, 0.4) is 0 Å². The molecule has 2 aromatic heterocycles. The summed E-state index contributed by atoms with van der Waals surface area (Å²) in [5, 5.41) is 0.745. The highest BCUT2D eigenvalue weighted by molar-refractivity contribution is 5.82. The van der Waals surface area contributed by atoms with Crippen molar-refractivity contribution in [1.82, 2.24) is 14.5 Å². The van der Waals surface area contributed by atoms with Gasteiger partial charge in [-0.05, 0) is 32.3 Å². The Morgan fingerprint density at radius 3 is 2.52 bits per heavy atom. The molecule has 118 valence electrons. The first kappa shape index (κ1) is 14.2. The van der Waals surface area contributed by atoms with E-state index in [0.717, 1.165) is 22.2 Å². The van der Waals surface area contributed by atoms with Crippen molar-refractivity contribution in [2.75, 3.05) is 0 Å². The van der Waals surface area contributed by atoms with E-state index in [-0.39, 0.29) is 5.56 Å². The van der Waals surface area contributed by atoms with E-state index in [0.29, 0.717) is 11.9 Å². The molecule has 3 aromatic rings. The van der Waals surface area contributed by atoms with Gasteiger partial charge in [-0.3, -0.25) is 4.79 Å². The first-order valence-electron chi connectivity index (χ1n) is 8.33. The third-order valence-corrected chi connectivity index (χ3v) is 5.14. The minimum atomic E-state index is -0.0359. The number of fused-ring (bicyclic) bond motifs is 1. The van der Waals surface area contributed by atoms with Crippen LogP contribution in [0.25, 0.3) is 22.4 Å². The summed E-state index contributed by atoms with van der Waals surface area (Å²) in [5.41, 5.74) is 3.98. The molecule has 1 fully saturated rings. The van der Waals surface area contributed by atoms with Gasteiger partial charge in [0.15, 0.2) is 0 Å². The average molecular weight is 307 g/mol. The lowest BCUT2D eigenvalue weighted by Gasteiger charge is -2.15. The summed E-state index contributed by atoms with van der Waals surface area (Å²) >= 11 is 0. The maximum atomic E-state index is 12.7. The molecule has 1 N–H and O–H groups in total. The van der Waals surface area contributed by atoms with Gasteiger partial charge in [0.2, 0.25) is 0 Å². The Balaban J connectivity index is 2.01. The molecule has 0 saturated heterocycles. The fourth-order valence-corrected chi connectivity index (χ4v) is 3.84. The maximum Gasteiger partial charge on any atom is 0.260 e. The maximum absolute atomic E-state index is 12.7. The lowest BCUT2D eigenvalue weighted by molar-refractivity contribution is 0.521. The topological polar surface area (TPSA) is 50.7 Å². The number of aromatic nitrogens is 3. The number of hydrogen-bond donors (Lipinski definition) is 1. The van der Waals surface area contributed by atoms with Crippen molar-refractivity contribution in [3.63, 3.8) is 0 Å². The number of H-pyrrole nitrogens is 1.